The molecule has 0 bridgehead atoms. The van der Waals surface area contributed by atoms with Crippen molar-refractivity contribution in [1.29, 1.82) is 0 Å². The zero-order chi connectivity index (χ0) is 13.2. The quantitative estimate of drug-likeness (QED) is 0.889. The van der Waals surface area contributed by atoms with Gasteiger partial charge in [-0.1, -0.05) is 25.1 Å². The Morgan fingerprint density at radius 1 is 1.44 bits per heavy atom. The van der Waals surface area contributed by atoms with Crippen LogP contribution in [0.2, 0.25) is 0 Å². The zero-order valence-electron chi connectivity index (χ0n) is 11.0. The van der Waals surface area contributed by atoms with Crippen molar-refractivity contribution >= 4 is 5.57 Å². The second kappa shape index (κ2) is 5.11. The number of ether oxygens (including phenoxy) is 1. The number of benzene rings is 1. The van der Waals surface area contributed by atoms with Gasteiger partial charge in [0.1, 0.15) is 0 Å². The van der Waals surface area contributed by atoms with Gasteiger partial charge in [-0.15, -0.1) is 0 Å². The fourth-order valence-corrected chi connectivity index (χ4v) is 2.40. The minimum Gasteiger partial charge on any atom is -0.494 e. The highest BCUT2D eigenvalue weighted by Gasteiger charge is 2.26. The SMILES string of the molecule is CCC1(N)CC=C(c2cccc(OC)c2F)CC1. The Kier molecular flexibility index (Phi) is 3.71. The van der Waals surface area contributed by atoms with Crippen LogP contribution in [-0.4, -0.2) is 12.6 Å². The zero-order valence-corrected chi connectivity index (χ0v) is 11.0. The van der Waals surface area contributed by atoms with Crippen LogP contribution in [0, 0.1) is 5.82 Å². The van der Waals surface area contributed by atoms with Gasteiger partial charge in [-0.2, -0.15) is 0 Å². The smallest absolute Gasteiger partial charge is 0.172 e. The van der Waals surface area contributed by atoms with E-state index in [-0.39, 0.29) is 11.4 Å². The van der Waals surface area contributed by atoms with Gasteiger partial charge >= 0.3 is 0 Å². The maximum atomic E-state index is 14.1. The van der Waals surface area contributed by atoms with Crippen LogP contribution in [-0.2, 0) is 0 Å². The molecular formula is C15H20FNO. The molecule has 1 aliphatic carbocycles. The molecule has 2 rings (SSSR count). The van der Waals surface area contributed by atoms with Crippen LogP contribution in [0.25, 0.3) is 5.57 Å². The molecule has 0 aliphatic heterocycles. The third kappa shape index (κ3) is 2.41. The summed E-state index contributed by atoms with van der Waals surface area (Å²) in [4.78, 5) is 0. The molecule has 0 spiro atoms. The van der Waals surface area contributed by atoms with E-state index in [0.29, 0.717) is 11.3 Å². The normalized spacial score (nSPS) is 23.7. The van der Waals surface area contributed by atoms with E-state index in [9.17, 15) is 4.39 Å². The van der Waals surface area contributed by atoms with E-state index >= 15 is 0 Å². The molecule has 0 heterocycles. The number of hydrogen-bond acceptors (Lipinski definition) is 2. The predicted octanol–water partition coefficient (Wildman–Crippen LogP) is 3.51. The van der Waals surface area contributed by atoms with Crippen molar-refractivity contribution < 1.29 is 9.13 Å². The van der Waals surface area contributed by atoms with Gasteiger partial charge in [0.15, 0.2) is 11.6 Å². The molecule has 1 aromatic carbocycles. The Morgan fingerprint density at radius 2 is 2.22 bits per heavy atom. The second-order valence-corrected chi connectivity index (χ2v) is 4.97. The summed E-state index contributed by atoms with van der Waals surface area (Å²) < 4.78 is 19.1. The summed E-state index contributed by atoms with van der Waals surface area (Å²) in [5.41, 5.74) is 7.81. The van der Waals surface area contributed by atoms with Crippen LogP contribution in [0.3, 0.4) is 0 Å². The molecule has 98 valence electrons. The van der Waals surface area contributed by atoms with Gasteiger partial charge in [0.2, 0.25) is 0 Å². The first-order valence-electron chi connectivity index (χ1n) is 6.40. The molecule has 1 aliphatic rings. The van der Waals surface area contributed by atoms with Crippen molar-refractivity contribution in [3.63, 3.8) is 0 Å². The highest BCUT2D eigenvalue weighted by atomic mass is 19.1. The maximum Gasteiger partial charge on any atom is 0.172 e. The van der Waals surface area contributed by atoms with Crippen molar-refractivity contribution in [2.24, 2.45) is 5.73 Å². The molecule has 18 heavy (non-hydrogen) atoms. The summed E-state index contributed by atoms with van der Waals surface area (Å²) in [5, 5.41) is 0. The van der Waals surface area contributed by atoms with E-state index in [4.69, 9.17) is 10.5 Å². The monoisotopic (exact) mass is 249 g/mol. The lowest BCUT2D eigenvalue weighted by Crippen LogP contribution is -2.40. The topological polar surface area (TPSA) is 35.2 Å². The molecule has 0 aromatic heterocycles. The highest BCUT2D eigenvalue weighted by molar-refractivity contribution is 5.68. The van der Waals surface area contributed by atoms with Gasteiger partial charge in [-0.05, 0) is 37.3 Å². The molecule has 1 atom stereocenters. The summed E-state index contributed by atoms with van der Waals surface area (Å²) in [6, 6.07) is 5.27. The third-order valence-corrected chi connectivity index (χ3v) is 3.88. The first kappa shape index (κ1) is 13.1. The first-order chi connectivity index (χ1) is 8.59. The van der Waals surface area contributed by atoms with Crippen molar-refractivity contribution in [2.75, 3.05) is 7.11 Å². The molecule has 0 saturated carbocycles. The molecule has 2 N–H and O–H groups in total. The van der Waals surface area contributed by atoms with E-state index in [1.165, 1.54) is 7.11 Å². The molecule has 0 radical (unpaired) electrons. The summed E-state index contributed by atoms with van der Waals surface area (Å²) in [5.74, 6) is 0.0285. The summed E-state index contributed by atoms with van der Waals surface area (Å²) in [6.07, 6.45) is 5.58. The van der Waals surface area contributed by atoms with Crippen molar-refractivity contribution in [3.05, 3.63) is 35.7 Å². The number of allylic oxidation sites excluding steroid dienone is 1. The van der Waals surface area contributed by atoms with E-state index in [0.717, 1.165) is 31.3 Å². The predicted molar refractivity (Wildman–Crippen MR) is 72.0 cm³/mol. The molecule has 0 saturated heterocycles. The minimum absolute atomic E-state index is 0.112. The number of hydrogen-bond donors (Lipinski definition) is 1. The van der Waals surface area contributed by atoms with Crippen molar-refractivity contribution in [2.45, 2.75) is 38.1 Å². The summed E-state index contributed by atoms with van der Waals surface area (Å²) in [6.45, 7) is 2.10. The standard InChI is InChI=1S/C15H20FNO/c1-3-15(17)9-7-11(8-10-15)12-5-4-6-13(18-2)14(12)16/h4-7H,3,8-10,17H2,1-2H3. The van der Waals surface area contributed by atoms with E-state index in [1.54, 1.807) is 12.1 Å². The van der Waals surface area contributed by atoms with Crippen LogP contribution in [0.1, 0.15) is 38.2 Å². The Hall–Kier alpha value is -1.35. The number of methoxy groups -OCH3 is 1. The van der Waals surface area contributed by atoms with Crippen molar-refractivity contribution in [3.8, 4) is 5.75 Å². The lowest BCUT2D eigenvalue weighted by atomic mass is 9.80. The fraction of sp³-hybridized carbons (Fsp3) is 0.467. The lowest BCUT2D eigenvalue weighted by Gasteiger charge is -2.31. The first-order valence-corrected chi connectivity index (χ1v) is 6.40. The average Bonchev–Trinajstić information content (AvgIpc) is 2.40. The molecule has 1 unspecified atom stereocenters. The maximum absolute atomic E-state index is 14.1. The summed E-state index contributed by atoms with van der Waals surface area (Å²) in [7, 11) is 1.49. The molecule has 1 aromatic rings. The van der Waals surface area contributed by atoms with Crippen LogP contribution < -0.4 is 10.5 Å². The number of rotatable bonds is 3. The number of nitrogens with two attached hydrogens (primary N) is 1. The second-order valence-electron chi connectivity index (χ2n) is 4.97. The average molecular weight is 249 g/mol. The molecule has 0 fully saturated rings. The van der Waals surface area contributed by atoms with Crippen LogP contribution in [0.4, 0.5) is 4.39 Å². The Morgan fingerprint density at radius 3 is 2.78 bits per heavy atom. The van der Waals surface area contributed by atoms with E-state index in [2.05, 4.69) is 13.0 Å². The fourth-order valence-electron chi connectivity index (χ4n) is 2.40. The van der Waals surface area contributed by atoms with Crippen molar-refractivity contribution in [1.82, 2.24) is 0 Å². The highest BCUT2D eigenvalue weighted by Crippen LogP contribution is 2.35. The molecule has 0 amide bonds. The van der Waals surface area contributed by atoms with E-state index < -0.39 is 0 Å². The Labute approximate surface area is 108 Å². The molecular weight excluding hydrogens is 229 g/mol. The van der Waals surface area contributed by atoms with Gasteiger partial charge in [-0.25, -0.2) is 4.39 Å². The molecule has 3 heteroatoms. The Balaban J connectivity index is 2.29. The van der Waals surface area contributed by atoms with Gasteiger partial charge in [0, 0.05) is 11.1 Å². The summed E-state index contributed by atoms with van der Waals surface area (Å²) >= 11 is 0. The molecule has 2 nitrogen and oxygen atoms in total. The van der Waals surface area contributed by atoms with E-state index in [1.807, 2.05) is 6.07 Å². The van der Waals surface area contributed by atoms with Gasteiger partial charge in [-0.3, -0.25) is 0 Å². The minimum atomic E-state index is -0.271. The third-order valence-electron chi connectivity index (χ3n) is 3.88. The largest absolute Gasteiger partial charge is 0.494 e. The Bertz CT molecular complexity index is 470. The van der Waals surface area contributed by atoms with Crippen LogP contribution >= 0.6 is 0 Å². The van der Waals surface area contributed by atoms with Crippen LogP contribution in [0.5, 0.6) is 5.75 Å². The van der Waals surface area contributed by atoms with Gasteiger partial charge < -0.3 is 10.5 Å². The lowest BCUT2D eigenvalue weighted by molar-refractivity contribution is 0.376. The number of halogens is 1. The van der Waals surface area contributed by atoms with Gasteiger partial charge in [0.25, 0.3) is 0 Å². The van der Waals surface area contributed by atoms with Gasteiger partial charge in [0.05, 0.1) is 7.11 Å². The van der Waals surface area contributed by atoms with Crippen LogP contribution in [0.15, 0.2) is 24.3 Å².